The quantitative estimate of drug-likeness (QED) is 0.770. The largest absolute Gasteiger partial charge is 0.365 e. The Morgan fingerprint density at radius 1 is 1.14 bits per heavy atom. The van der Waals surface area contributed by atoms with Crippen LogP contribution in [0, 0.1) is 0 Å². The molecule has 1 amide bonds. The van der Waals surface area contributed by atoms with Crippen molar-refractivity contribution in [2.24, 2.45) is 0 Å². The maximum absolute atomic E-state index is 11.4. The Bertz CT molecular complexity index is 859. The molecular weight excluding hydrogens is 382 g/mol. The number of hydrogen-bond acceptors (Lipinski definition) is 3. The summed E-state index contributed by atoms with van der Waals surface area (Å²) < 4.78 is 0. The summed E-state index contributed by atoms with van der Waals surface area (Å²) >= 11 is 5.99. The van der Waals surface area contributed by atoms with Gasteiger partial charge in [-0.25, -0.2) is 0 Å². The van der Waals surface area contributed by atoms with Crippen LogP contribution in [0.2, 0.25) is 5.02 Å². The molecule has 4 rings (SSSR count). The minimum atomic E-state index is -0.0171. The Morgan fingerprint density at radius 2 is 1.86 bits per heavy atom. The predicted octanol–water partition coefficient (Wildman–Crippen LogP) is 4.76. The highest BCUT2D eigenvalue weighted by molar-refractivity contribution is 6.30. The number of rotatable bonds is 5. The first kappa shape index (κ1) is 20.2. The van der Waals surface area contributed by atoms with E-state index in [-0.39, 0.29) is 5.91 Å². The standard InChI is InChI=1S/C24H30ClN3O/c1-17-15-20-5-8-22(26-18(2)29)16-24(20)28(17)23-10-13-27(14-11-23)12-9-19-3-6-21(25)7-4-19/h3-8,16-17,23H,9-15H2,1-2H3,(H,26,29). The summed E-state index contributed by atoms with van der Waals surface area (Å²) in [4.78, 5) is 16.6. The van der Waals surface area contributed by atoms with Gasteiger partial charge in [-0.3, -0.25) is 4.79 Å². The van der Waals surface area contributed by atoms with Crippen molar-refractivity contribution in [2.45, 2.75) is 51.6 Å². The van der Waals surface area contributed by atoms with Gasteiger partial charge in [0.2, 0.25) is 5.91 Å². The van der Waals surface area contributed by atoms with Crippen molar-refractivity contribution in [3.8, 4) is 0 Å². The van der Waals surface area contributed by atoms with Gasteiger partial charge in [-0.1, -0.05) is 29.8 Å². The molecule has 2 aromatic carbocycles. The lowest BCUT2D eigenvalue weighted by atomic mass is 10.0. The molecule has 4 nitrogen and oxygen atoms in total. The van der Waals surface area contributed by atoms with Crippen LogP contribution in [0.25, 0.3) is 0 Å². The summed E-state index contributed by atoms with van der Waals surface area (Å²) in [6, 6.07) is 15.7. The van der Waals surface area contributed by atoms with Crippen molar-refractivity contribution >= 4 is 28.9 Å². The average molecular weight is 412 g/mol. The monoisotopic (exact) mass is 411 g/mol. The number of fused-ring (bicyclic) bond motifs is 1. The molecule has 2 aliphatic heterocycles. The summed E-state index contributed by atoms with van der Waals surface area (Å²) in [6.45, 7) is 7.27. The topological polar surface area (TPSA) is 35.6 Å². The first-order valence-corrected chi connectivity index (χ1v) is 11.0. The van der Waals surface area contributed by atoms with E-state index in [1.54, 1.807) is 6.92 Å². The first-order chi connectivity index (χ1) is 14.0. The molecule has 0 radical (unpaired) electrons. The third kappa shape index (κ3) is 4.76. The van der Waals surface area contributed by atoms with Gasteiger partial charge < -0.3 is 15.1 Å². The third-order valence-corrected chi connectivity index (χ3v) is 6.51. The maximum atomic E-state index is 11.4. The van der Waals surface area contributed by atoms with Crippen molar-refractivity contribution < 1.29 is 4.79 Å². The highest BCUT2D eigenvalue weighted by atomic mass is 35.5. The van der Waals surface area contributed by atoms with Crippen molar-refractivity contribution in [3.63, 3.8) is 0 Å². The minimum absolute atomic E-state index is 0.0171. The van der Waals surface area contributed by atoms with Crippen molar-refractivity contribution in [1.29, 1.82) is 0 Å². The molecule has 1 saturated heterocycles. The molecule has 1 atom stereocenters. The smallest absolute Gasteiger partial charge is 0.221 e. The Kier molecular flexibility index (Phi) is 6.12. The second-order valence-corrected chi connectivity index (χ2v) is 8.87. The van der Waals surface area contributed by atoms with Crippen LogP contribution in [0.5, 0.6) is 0 Å². The fourth-order valence-electron chi connectivity index (χ4n) is 4.83. The normalized spacial score (nSPS) is 20.0. The zero-order valence-corrected chi connectivity index (χ0v) is 18.1. The fraction of sp³-hybridized carbons (Fsp3) is 0.458. The third-order valence-electron chi connectivity index (χ3n) is 6.25. The lowest BCUT2D eigenvalue weighted by Gasteiger charge is -2.40. The van der Waals surface area contributed by atoms with Crippen molar-refractivity contribution in [1.82, 2.24) is 4.90 Å². The Labute approximate surface area is 178 Å². The van der Waals surface area contributed by atoms with E-state index in [1.807, 2.05) is 18.2 Å². The van der Waals surface area contributed by atoms with Crippen LogP contribution < -0.4 is 10.2 Å². The lowest BCUT2D eigenvalue weighted by Crippen LogP contribution is -2.47. The van der Waals surface area contributed by atoms with Crippen LogP contribution in [0.4, 0.5) is 11.4 Å². The summed E-state index contributed by atoms with van der Waals surface area (Å²) in [6.07, 6.45) is 4.54. The van der Waals surface area contributed by atoms with Crippen LogP contribution in [0.1, 0.15) is 37.8 Å². The molecule has 0 saturated carbocycles. The number of anilines is 2. The molecule has 0 aliphatic carbocycles. The number of halogens is 1. The Hall–Kier alpha value is -2.04. The number of carbonyl (C=O) groups is 1. The van der Waals surface area contributed by atoms with Gasteiger partial charge in [0.05, 0.1) is 0 Å². The second kappa shape index (κ2) is 8.76. The number of carbonyl (C=O) groups excluding carboxylic acids is 1. The first-order valence-electron chi connectivity index (χ1n) is 10.7. The molecule has 1 unspecified atom stereocenters. The lowest BCUT2D eigenvalue weighted by molar-refractivity contribution is -0.114. The van der Waals surface area contributed by atoms with Crippen molar-refractivity contribution in [3.05, 3.63) is 58.6 Å². The number of nitrogens with one attached hydrogen (secondary N) is 1. The minimum Gasteiger partial charge on any atom is -0.365 e. The zero-order chi connectivity index (χ0) is 20.4. The molecule has 29 heavy (non-hydrogen) atoms. The number of amides is 1. The molecular formula is C24H30ClN3O. The van der Waals surface area contributed by atoms with Gasteiger partial charge in [-0.2, -0.15) is 0 Å². The van der Waals surface area contributed by atoms with Gasteiger partial charge in [0.25, 0.3) is 0 Å². The van der Waals surface area contributed by atoms with Crippen LogP contribution in [0.3, 0.4) is 0 Å². The average Bonchev–Trinajstić information content (AvgIpc) is 3.02. The second-order valence-electron chi connectivity index (χ2n) is 8.43. The predicted molar refractivity (Wildman–Crippen MR) is 121 cm³/mol. The van der Waals surface area contributed by atoms with Crippen LogP contribution in [0.15, 0.2) is 42.5 Å². The Morgan fingerprint density at radius 3 is 2.55 bits per heavy atom. The number of benzene rings is 2. The molecule has 2 aromatic rings. The highest BCUT2D eigenvalue weighted by Crippen LogP contribution is 2.38. The summed E-state index contributed by atoms with van der Waals surface area (Å²) in [5.41, 5.74) is 4.96. The SMILES string of the molecule is CC(=O)Nc1ccc2c(c1)N(C1CCN(CCc3ccc(Cl)cc3)CC1)C(C)C2. The van der Waals surface area contributed by atoms with E-state index < -0.39 is 0 Å². The number of likely N-dealkylation sites (tertiary alicyclic amines) is 1. The van der Waals surface area contributed by atoms with E-state index in [2.05, 4.69) is 46.3 Å². The van der Waals surface area contributed by atoms with Crippen molar-refractivity contribution in [2.75, 3.05) is 29.9 Å². The van der Waals surface area contributed by atoms with E-state index in [0.29, 0.717) is 12.1 Å². The van der Waals surface area contributed by atoms with E-state index in [4.69, 9.17) is 11.6 Å². The molecule has 2 aliphatic rings. The molecule has 0 spiro atoms. The summed E-state index contributed by atoms with van der Waals surface area (Å²) in [7, 11) is 0. The highest BCUT2D eigenvalue weighted by Gasteiger charge is 2.33. The van der Waals surface area contributed by atoms with Gasteiger partial charge in [0.1, 0.15) is 0 Å². The van der Waals surface area contributed by atoms with Gasteiger partial charge in [-0.05, 0) is 68.0 Å². The van der Waals surface area contributed by atoms with Crippen LogP contribution in [-0.2, 0) is 17.6 Å². The van der Waals surface area contributed by atoms with Gasteiger partial charge in [0, 0.05) is 55.0 Å². The van der Waals surface area contributed by atoms with Gasteiger partial charge in [0.15, 0.2) is 0 Å². The van der Waals surface area contributed by atoms with Gasteiger partial charge in [-0.15, -0.1) is 0 Å². The number of hydrogen-bond donors (Lipinski definition) is 1. The maximum Gasteiger partial charge on any atom is 0.221 e. The fourth-order valence-corrected chi connectivity index (χ4v) is 4.95. The van der Waals surface area contributed by atoms with Crippen LogP contribution in [-0.4, -0.2) is 42.5 Å². The molecule has 0 aromatic heterocycles. The van der Waals surface area contributed by atoms with E-state index in [0.717, 1.165) is 43.2 Å². The zero-order valence-electron chi connectivity index (χ0n) is 17.3. The molecule has 1 N–H and O–H groups in total. The summed E-state index contributed by atoms with van der Waals surface area (Å²) in [5, 5.41) is 3.74. The molecule has 5 heteroatoms. The Balaban J connectivity index is 1.36. The van der Waals surface area contributed by atoms with E-state index in [9.17, 15) is 4.79 Å². The summed E-state index contributed by atoms with van der Waals surface area (Å²) in [5.74, 6) is -0.0171. The van der Waals surface area contributed by atoms with E-state index >= 15 is 0 Å². The molecule has 154 valence electrons. The number of piperidine rings is 1. The molecule has 0 bridgehead atoms. The van der Waals surface area contributed by atoms with Crippen LogP contribution >= 0.6 is 11.6 Å². The van der Waals surface area contributed by atoms with Gasteiger partial charge >= 0.3 is 0 Å². The molecule has 2 heterocycles. The molecule has 1 fully saturated rings. The van der Waals surface area contributed by atoms with E-state index in [1.165, 1.54) is 29.7 Å². The number of nitrogens with zero attached hydrogens (tertiary/aromatic N) is 2.